The normalized spacial score (nSPS) is 10.5. The molecule has 0 saturated heterocycles. The molecule has 2 aromatic heterocycles. The van der Waals surface area contributed by atoms with E-state index in [4.69, 9.17) is 4.52 Å². The van der Waals surface area contributed by atoms with Crippen molar-refractivity contribution >= 4 is 5.91 Å². The Morgan fingerprint density at radius 3 is 2.73 bits per heavy atom. The Bertz CT molecular complexity index is 721. The summed E-state index contributed by atoms with van der Waals surface area (Å²) in [5.74, 6) is 0.325. The highest BCUT2D eigenvalue weighted by Gasteiger charge is 2.12. The van der Waals surface area contributed by atoms with Gasteiger partial charge in [-0.1, -0.05) is 35.5 Å². The molecule has 7 heteroatoms. The van der Waals surface area contributed by atoms with Gasteiger partial charge in [-0.2, -0.15) is 15.0 Å². The number of nitrogens with one attached hydrogen (secondary N) is 1. The van der Waals surface area contributed by atoms with Crippen molar-refractivity contribution in [3.63, 3.8) is 0 Å². The van der Waals surface area contributed by atoms with Crippen molar-refractivity contribution in [1.29, 1.82) is 0 Å². The van der Waals surface area contributed by atoms with Crippen LogP contribution in [0.4, 0.5) is 0 Å². The van der Waals surface area contributed by atoms with Crippen molar-refractivity contribution in [2.75, 3.05) is 6.54 Å². The van der Waals surface area contributed by atoms with Crippen LogP contribution in [0.25, 0.3) is 11.3 Å². The van der Waals surface area contributed by atoms with E-state index in [1.54, 1.807) is 23.3 Å². The Kier molecular flexibility index (Phi) is 4.24. The average molecular weight is 297 g/mol. The van der Waals surface area contributed by atoms with Crippen molar-refractivity contribution in [3.05, 3.63) is 54.5 Å². The third-order valence-corrected chi connectivity index (χ3v) is 3.09. The molecule has 0 radical (unpaired) electrons. The van der Waals surface area contributed by atoms with Gasteiger partial charge in [0.05, 0.1) is 18.9 Å². The van der Waals surface area contributed by atoms with Crippen LogP contribution in [0.15, 0.2) is 53.3 Å². The highest BCUT2D eigenvalue weighted by atomic mass is 16.5. The first-order chi connectivity index (χ1) is 10.8. The minimum Gasteiger partial charge on any atom is -0.355 e. The molecule has 3 rings (SSSR count). The van der Waals surface area contributed by atoms with Gasteiger partial charge in [0.25, 0.3) is 5.91 Å². The van der Waals surface area contributed by atoms with Crippen LogP contribution < -0.4 is 5.32 Å². The molecule has 22 heavy (non-hydrogen) atoms. The number of amides is 1. The van der Waals surface area contributed by atoms with Gasteiger partial charge >= 0.3 is 0 Å². The number of rotatable bonds is 6. The van der Waals surface area contributed by atoms with E-state index in [0.717, 1.165) is 12.0 Å². The Morgan fingerprint density at radius 2 is 1.95 bits per heavy atom. The summed E-state index contributed by atoms with van der Waals surface area (Å²) in [5.41, 5.74) is 1.16. The number of aromatic nitrogens is 4. The van der Waals surface area contributed by atoms with Gasteiger partial charge in [0, 0.05) is 18.2 Å². The van der Waals surface area contributed by atoms with E-state index in [2.05, 4.69) is 20.7 Å². The van der Waals surface area contributed by atoms with E-state index in [0.29, 0.717) is 18.8 Å². The lowest BCUT2D eigenvalue weighted by atomic mass is 10.1. The summed E-state index contributed by atoms with van der Waals surface area (Å²) < 4.78 is 5.20. The van der Waals surface area contributed by atoms with Crippen LogP contribution in [0.3, 0.4) is 0 Å². The predicted molar refractivity (Wildman–Crippen MR) is 78.9 cm³/mol. The number of carbonyl (C=O) groups is 1. The number of benzene rings is 1. The lowest BCUT2D eigenvalue weighted by molar-refractivity contribution is 0.0943. The zero-order valence-electron chi connectivity index (χ0n) is 11.8. The fourth-order valence-electron chi connectivity index (χ4n) is 1.99. The van der Waals surface area contributed by atoms with E-state index in [-0.39, 0.29) is 11.6 Å². The molecule has 112 valence electrons. The van der Waals surface area contributed by atoms with Gasteiger partial charge in [0.1, 0.15) is 0 Å². The quantitative estimate of drug-likeness (QED) is 0.701. The van der Waals surface area contributed by atoms with Gasteiger partial charge in [-0.25, -0.2) is 0 Å². The lowest BCUT2D eigenvalue weighted by Crippen LogP contribution is -2.25. The predicted octanol–water partition coefficient (Wildman–Crippen LogP) is 1.75. The van der Waals surface area contributed by atoms with Gasteiger partial charge in [-0.05, 0) is 6.42 Å². The monoisotopic (exact) mass is 297 g/mol. The number of hydrogen-bond acceptors (Lipinski definition) is 5. The number of nitrogens with zero attached hydrogens (tertiary/aromatic N) is 4. The Hall–Kier alpha value is -2.96. The van der Waals surface area contributed by atoms with Gasteiger partial charge in [0.15, 0.2) is 11.5 Å². The van der Waals surface area contributed by atoms with E-state index in [1.807, 2.05) is 30.3 Å². The molecule has 0 bridgehead atoms. The van der Waals surface area contributed by atoms with Crippen LogP contribution in [0, 0.1) is 0 Å². The summed E-state index contributed by atoms with van der Waals surface area (Å²) in [6, 6.07) is 11.2. The molecule has 0 aliphatic carbocycles. The molecular formula is C15H15N5O2. The molecule has 0 aliphatic heterocycles. The number of carbonyl (C=O) groups excluding carboxylic acids is 1. The Balaban J connectivity index is 1.51. The first-order valence-electron chi connectivity index (χ1n) is 6.97. The van der Waals surface area contributed by atoms with E-state index < -0.39 is 0 Å². The zero-order valence-corrected chi connectivity index (χ0v) is 11.8. The lowest BCUT2D eigenvalue weighted by Gasteiger charge is -2.02. The van der Waals surface area contributed by atoms with Crippen LogP contribution in [0.5, 0.6) is 0 Å². The van der Waals surface area contributed by atoms with Gasteiger partial charge in [-0.15, -0.1) is 0 Å². The van der Waals surface area contributed by atoms with Crippen LogP contribution in [-0.4, -0.2) is 32.6 Å². The second kappa shape index (κ2) is 6.66. The van der Waals surface area contributed by atoms with Crippen molar-refractivity contribution < 1.29 is 9.32 Å². The minimum atomic E-state index is -0.251. The molecule has 0 aliphatic rings. The molecule has 1 aromatic carbocycles. The summed E-state index contributed by atoms with van der Waals surface area (Å²) in [6.45, 7) is 1.18. The second-order valence-corrected chi connectivity index (χ2v) is 4.68. The van der Waals surface area contributed by atoms with Gasteiger partial charge < -0.3 is 9.84 Å². The minimum absolute atomic E-state index is 0.251. The van der Waals surface area contributed by atoms with Crippen molar-refractivity contribution in [2.24, 2.45) is 0 Å². The fourth-order valence-corrected chi connectivity index (χ4v) is 1.99. The maximum Gasteiger partial charge on any atom is 0.273 e. The Labute approximate surface area is 126 Å². The van der Waals surface area contributed by atoms with Crippen LogP contribution in [0.1, 0.15) is 16.9 Å². The molecule has 0 unspecified atom stereocenters. The molecule has 2 heterocycles. The van der Waals surface area contributed by atoms with Crippen LogP contribution in [-0.2, 0) is 6.54 Å². The van der Waals surface area contributed by atoms with Gasteiger partial charge in [-0.3, -0.25) is 4.79 Å². The number of hydrogen-bond donors (Lipinski definition) is 1. The Morgan fingerprint density at radius 1 is 1.18 bits per heavy atom. The molecule has 0 atom stereocenters. The zero-order chi connectivity index (χ0) is 15.2. The molecule has 0 saturated carbocycles. The third kappa shape index (κ3) is 3.38. The molecule has 1 N–H and O–H groups in total. The molecule has 3 aromatic rings. The SMILES string of the molecule is O=C(NCCCn1nccn1)c1cc(-c2ccccc2)on1. The van der Waals surface area contributed by atoms with E-state index in [9.17, 15) is 4.79 Å². The van der Waals surface area contributed by atoms with Crippen molar-refractivity contribution in [3.8, 4) is 11.3 Å². The summed E-state index contributed by atoms with van der Waals surface area (Å²) in [5, 5.41) is 14.6. The van der Waals surface area contributed by atoms with Crippen molar-refractivity contribution in [2.45, 2.75) is 13.0 Å². The smallest absolute Gasteiger partial charge is 0.273 e. The topological polar surface area (TPSA) is 85.8 Å². The number of aryl methyl sites for hydroxylation is 1. The first kappa shape index (κ1) is 14.0. The van der Waals surface area contributed by atoms with E-state index >= 15 is 0 Å². The van der Waals surface area contributed by atoms with Crippen molar-refractivity contribution in [1.82, 2.24) is 25.5 Å². The largest absolute Gasteiger partial charge is 0.355 e. The second-order valence-electron chi connectivity index (χ2n) is 4.68. The summed E-state index contributed by atoms with van der Waals surface area (Å²) in [4.78, 5) is 13.6. The third-order valence-electron chi connectivity index (χ3n) is 3.09. The molecule has 0 spiro atoms. The molecular weight excluding hydrogens is 282 g/mol. The first-order valence-corrected chi connectivity index (χ1v) is 6.97. The maximum atomic E-state index is 12.0. The standard InChI is InChI=1S/C15H15N5O2/c21-15(16-7-4-10-20-17-8-9-18-20)13-11-14(22-19-13)12-5-2-1-3-6-12/h1-3,5-6,8-9,11H,4,7,10H2,(H,16,21). The van der Waals surface area contributed by atoms with E-state index in [1.165, 1.54) is 0 Å². The van der Waals surface area contributed by atoms with Crippen LogP contribution in [0.2, 0.25) is 0 Å². The molecule has 1 amide bonds. The van der Waals surface area contributed by atoms with Gasteiger partial charge in [0.2, 0.25) is 0 Å². The highest BCUT2D eigenvalue weighted by molar-refractivity contribution is 5.93. The highest BCUT2D eigenvalue weighted by Crippen LogP contribution is 2.19. The summed E-state index contributed by atoms with van der Waals surface area (Å²) in [6.07, 6.45) is 3.99. The molecule has 7 nitrogen and oxygen atoms in total. The summed E-state index contributed by atoms with van der Waals surface area (Å²) >= 11 is 0. The average Bonchev–Trinajstić information content (AvgIpc) is 3.24. The molecule has 0 fully saturated rings. The summed E-state index contributed by atoms with van der Waals surface area (Å²) in [7, 11) is 0. The fraction of sp³-hybridized carbons (Fsp3) is 0.200. The van der Waals surface area contributed by atoms with Crippen LogP contribution >= 0.6 is 0 Å². The maximum absolute atomic E-state index is 12.0.